The highest BCUT2D eigenvalue weighted by atomic mass is 16.5. The van der Waals surface area contributed by atoms with Gasteiger partial charge in [-0.05, 0) is 72.8 Å². The topological polar surface area (TPSA) is 90.6 Å². The standard InChI is InChI=1S/C21H18N2O4/c1-26-18-10-4-15(5-11-18)21(25)27-19-12-8-17(9-13-19)23-20(24)14-2-6-16(22)7-3-14/h2-13H,22H2,1H3,(H,23,24). The Hall–Kier alpha value is -3.80. The largest absolute Gasteiger partial charge is 0.497 e. The lowest BCUT2D eigenvalue weighted by Gasteiger charge is -2.08. The van der Waals surface area contributed by atoms with Crippen molar-refractivity contribution in [2.24, 2.45) is 0 Å². The smallest absolute Gasteiger partial charge is 0.343 e. The number of methoxy groups -OCH3 is 1. The normalized spacial score (nSPS) is 10.1. The fraction of sp³-hybridized carbons (Fsp3) is 0.0476. The molecule has 0 spiro atoms. The molecule has 0 saturated heterocycles. The van der Waals surface area contributed by atoms with Gasteiger partial charge in [0.15, 0.2) is 0 Å². The maximum absolute atomic E-state index is 12.2. The van der Waals surface area contributed by atoms with Crippen molar-refractivity contribution in [1.29, 1.82) is 0 Å². The second-order valence-electron chi connectivity index (χ2n) is 5.72. The molecule has 3 aromatic carbocycles. The Morgan fingerprint density at radius 2 is 1.33 bits per heavy atom. The lowest BCUT2D eigenvalue weighted by molar-refractivity contribution is 0.0734. The summed E-state index contributed by atoms with van der Waals surface area (Å²) in [6.45, 7) is 0. The fourth-order valence-corrected chi connectivity index (χ4v) is 2.34. The van der Waals surface area contributed by atoms with E-state index < -0.39 is 5.97 Å². The van der Waals surface area contributed by atoms with E-state index in [-0.39, 0.29) is 5.91 Å². The van der Waals surface area contributed by atoms with E-state index in [0.29, 0.717) is 34.0 Å². The van der Waals surface area contributed by atoms with E-state index >= 15 is 0 Å². The fourth-order valence-electron chi connectivity index (χ4n) is 2.34. The van der Waals surface area contributed by atoms with Crippen LogP contribution in [0.2, 0.25) is 0 Å². The minimum Gasteiger partial charge on any atom is -0.497 e. The first kappa shape index (κ1) is 18.0. The first-order valence-electron chi connectivity index (χ1n) is 8.18. The minimum absolute atomic E-state index is 0.252. The van der Waals surface area contributed by atoms with Gasteiger partial charge in [-0.1, -0.05) is 0 Å². The van der Waals surface area contributed by atoms with Crippen molar-refractivity contribution in [2.45, 2.75) is 0 Å². The number of nitrogens with one attached hydrogen (secondary N) is 1. The van der Waals surface area contributed by atoms with E-state index in [0.717, 1.165) is 0 Å². The van der Waals surface area contributed by atoms with Crippen LogP contribution in [0.5, 0.6) is 11.5 Å². The molecule has 27 heavy (non-hydrogen) atoms. The van der Waals surface area contributed by atoms with Crippen LogP contribution >= 0.6 is 0 Å². The summed E-state index contributed by atoms with van der Waals surface area (Å²) in [6.07, 6.45) is 0. The number of nitrogens with two attached hydrogens (primary N) is 1. The molecule has 0 radical (unpaired) electrons. The average molecular weight is 362 g/mol. The number of ether oxygens (including phenoxy) is 2. The molecule has 0 unspecified atom stereocenters. The number of carbonyl (C=O) groups is 2. The molecule has 6 nitrogen and oxygen atoms in total. The Bertz CT molecular complexity index is 933. The van der Waals surface area contributed by atoms with Gasteiger partial charge in [0.2, 0.25) is 0 Å². The van der Waals surface area contributed by atoms with Gasteiger partial charge in [0.1, 0.15) is 11.5 Å². The summed E-state index contributed by atoms with van der Waals surface area (Å²) in [5.74, 6) is 0.309. The van der Waals surface area contributed by atoms with Crippen LogP contribution < -0.4 is 20.5 Å². The van der Waals surface area contributed by atoms with Crippen LogP contribution in [-0.4, -0.2) is 19.0 Å². The molecule has 0 aliphatic carbocycles. The number of amides is 1. The number of carbonyl (C=O) groups excluding carboxylic acids is 2. The molecule has 3 aromatic rings. The monoisotopic (exact) mass is 362 g/mol. The third-order valence-corrected chi connectivity index (χ3v) is 3.82. The Kier molecular flexibility index (Phi) is 5.37. The van der Waals surface area contributed by atoms with Gasteiger partial charge in [-0.15, -0.1) is 0 Å². The van der Waals surface area contributed by atoms with Gasteiger partial charge in [-0.25, -0.2) is 4.79 Å². The van der Waals surface area contributed by atoms with Crippen LogP contribution in [0.4, 0.5) is 11.4 Å². The Labute approximate surface area is 156 Å². The number of rotatable bonds is 5. The summed E-state index contributed by atoms with van der Waals surface area (Å²) in [6, 6.07) is 19.8. The summed E-state index contributed by atoms with van der Waals surface area (Å²) in [5.41, 5.74) is 7.70. The van der Waals surface area contributed by atoms with E-state index in [4.69, 9.17) is 15.2 Å². The Morgan fingerprint density at radius 3 is 1.93 bits per heavy atom. The summed E-state index contributed by atoms with van der Waals surface area (Å²) < 4.78 is 10.4. The predicted octanol–water partition coefficient (Wildman–Crippen LogP) is 3.75. The molecule has 3 N–H and O–H groups in total. The lowest BCUT2D eigenvalue weighted by Crippen LogP contribution is -2.12. The Balaban J connectivity index is 1.61. The van der Waals surface area contributed by atoms with E-state index in [2.05, 4.69) is 5.32 Å². The number of anilines is 2. The number of benzene rings is 3. The van der Waals surface area contributed by atoms with E-state index in [1.54, 1.807) is 79.9 Å². The van der Waals surface area contributed by atoms with Gasteiger partial charge >= 0.3 is 5.97 Å². The average Bonchev–Trinajstić information content (AvgIpc) is 2.70. The van der Waals surface area contributed by atoms with Crippen LogP contribution in [-0.2, 0) is 0 Å². The highest BCUT2D eigenvalue weighted by molar-refractivity contribution is 6.04. The van der Waals surface area contributed by atoms with Gasteiger partial charge in [0.05, 0.1) is 12.7 Å². The summed E-state index contributed by atoms with van der Waals surface area (Å²) in [5, 5.41) is 2.77. The van der Waals surface area contributed by atoms with Crippen molar-refractivity contribution in [3.05, 3.63) is 83.9 Å². The van der Waals surface area contributed by atoms with Crippen LogP contribution in [0.1, 0.15) is 20.7 Å². The number of esters is 1. The first-order valence-corrected chi connectivity index (χ1v) is 8.18. The molecular weight excluding hydrogens is 344 g/mol. The number of hydrogen-bond donors (Lipinski definition) is 2. The maximum Gasteiger partial charge on any atom is 0.343 e. The van der Waals surface area contributed by atoms with Crippen LogP contribution in [0.25, 0.3) is 0 Å². The molecule has 0 bridgehead atoms. The van der Waals surface area contributed by atoms with Crippen LogP contribution in [0, 0.1) is 0 Å². The van der Waals surface area contributed by atoms with Crippen molar-refractivity contribution >= 4 is 23.3 Å². The molecule has 0 aliphatic heterocycles. The second-order valence-corrected chi connectivity index (χ2v) is 5.72. The third kappa shape index (κ3) is 4.64. The zero-order valence-electron chi connectivity index (χ0n) is 14.6. The molecular formula is C21H18N2O4. The molecule has 1 amide bonds. The van der Waals surface area contributed by atoms with Gasteiger partial charge < -0.3 is 20.5 Å². The van der Waals surface area contributed by atoms with E-state index in [1.165, 1.54) is 0 Å². The zero-order chi connectivity index (χ0) is 19.2. The summed E-state index contributed by atoms with van der Waals surface area (Å²) in [7, 11) is 1.56. The van der Waals surface area contributed by atoms with E-state index in [9.17, 15) is 9.59 Å². The van der Waals surface area contributed by atoms with Crippen molar-refractivity contribution in [3.63, 3.8) is 0 Å². The van der Waals surface area contributed by atoms with E-state index in [1.807, 2.05) is 0 Å². The predicted molar refractivity (Wildman–Crippen MR) is 103 cm³/mol. The van der Waals surface area contributed by atoms with Crippen LogP contribution in [0.15, 0.2) is 72.8 Å². The molecule has 136 valence electrons. The second kappa shape index (κ2) is 8.05. The lowest BCUT2D eigenvalue weighted by atomic mass is 10.2. The van der Waals surface area contributed by atoms with Gasteiger partial charge in [0, 0.05) is 16.9 Å². The Morgan fingerprint density at radius 1 is 0.778 bits per heavy atom. The molecule has 0 fully saturated rings. The molecule has 3 rings (SSSR count). The minimum atomic E-state index is -0.476. The molecule has 0 saturated carbocycles. The highest BCUT2D eigenvalue weighted by Crippen LogP contribution is 2.19. The van der Waals surface area contributed by atoms with Crippen molar-refractivity contribution < 1.29 is 19.1 Å². The highest BCUT2D eigenvalue weighted by Gasteiger charge is 2.10. The van der Waals surface area contributed by atoms with Gasteiger partial charge in [-0.3, -0.25) is 4.79 Å². The summed E-state index contributed by atoms with van der Waals surface area (Å²) in [4.78, 5) is 24.3. The molecule has 6 heteroatoms. The van der Waals surface area contributed by atoms with Gasteiger partial charge in [-0.2, -0.15) is 0 Å². The van der Waals surface area contributed by atoms with Gasteiger partial charge in [0.25, 0.3) is 5.91 Å². The quantitative estimate of drug-likeness (QED) is 0.410. The first-order chi connectivity index (χ1) is 13.0. The van der Waals surface area contributed by atoms with Crippen LogP contribution in [0.3, 0.4) is 0 Å². The van der Waals surface area contributed by atoms with Crippen molar-refractivity contribution in [3.8, 4) is 11.5 Å². The molecule has 0 aromatic heterocycles. The molecule has 0 heterocycles. The maximum atomic E-state index is 12.2. The molecule has 0 aliphatic rings. The van der Waals surface area contributed by atoms with Crippen molar-refractivity contribution in [2.75, 3.05) is 18.2 Å². The number of nitrogen functional groups attached to an aromatic ring is 1. The zero-order valence-corrected chi connectivity index (χ0v) is 14.6. The molecule has 0 atom stereocenters. The summed E-state index contributed by atoms with van der Waals surface area (Å²) >= 11 is 0. The SMILES string of the molecule is COc1ccc(C(=O)Oc2ccc(NC(=O)c3ccc(N)cc3)cc2)cc1. The third-order valence-electron chi connectivity index (χ3n) is 3.82. The van der Waals surface area contributed by atoms with Crippen molar-refractivity contribution in [1.82, 2.24) is 0 Å². The number of hydrogen-bond acceptors (Lipinski definition) is 5.